The second-order valence-electron chi connectivity index (χ2n) is 5.74. The van der Waals surface area contributed by atoms with Gasteiger partial charge >= 0.3 is 6.09 Å². The van der Waals surface area contributed by atoms with Gasteiger partial charge in [-0.3, -0.25) is 0 Å². The Kier molecular flexibility index (Phi) is 7.24. The molecule has 1 atom stereocenters. The molecule has 0 N–H and O–H groups in total. The first kappa shape index (κ1) is 16.3. The molecule has 0 bridgehead atoms. The molecule has 17 heavy (non-hydrogen) atoms. The van der Waals surface area contributed by atoms with E-state index in [-0.39, 0.29) is 6.09 Å². The van der Waals surface area contributed by atoms with Crippen molar-refractivity contribution in [1.82, 2.24) is 4.90 Å². The minimum Gasteiger partial charge on any atom is -0.444 e. The molecule has 0 radical (unpaired) electrons. The molecule has 1 unspecified atom stereocenters. The summed E-state index contributed by atoms with van der Waals surface area (Å²) in [5.74, 6) is 0.677. The van der Waals surface area contributed by atoms with Crippen molar-refractivity contribution < 1.29 is 9.53 Å². The summed E-state index contributed by atoms with van der Waals surface area (Å²) in [6.07, 6.45) is 3.30. The zero-order valence-corrected chi connectivity index (χ0v) is 12.4. The van der Waals surface area contributed by atoms with E-state index in [0.717, 1.165) is 13.0 Å². The van der Waals surface area contributed by atoms with Crippen LogP contribution in [-0.2, 0) is 4.74 Å². The Hall–Kier alpha value is -0.730. The quantitative estimate of drug-likeness (QED) is 0.703. The van der Waals surface area contributed by atoms with Gasteiger partial charge in [0.15, 0.2) is 0 Å². The summed E-state index contributed by atoms with van der Waals surface area (Å²) in [6.45, 7) is 13.7. The van der Waals surface area contributed by atoms with Crippen molar-refractivity contribution in [2.45, 2.75) is 66.4 Å². The van der Waals surface area contributed by atoms with Gasteiger partial charge in [0.05, 0.1) is 0 Å². The SMILES string of the molecule is CCCC(C)CCN(CC)C(=O)OC(C)(C)C. The minimum absolute atomic E-state index is 0.191. The van der Waals surface area contributed by atoms with E-state index >= 15 is 0 Å². The molecule has 0 spiro atoms. The van der Waals surface area contributed by atoms with Gasteiger partial charge in [-0.1, -0.05) is 26.7 Å². The lowest BCUT2D eigenvalue weighted by Gasteiger charge is -2.27. The first-order valence-electron chi connectivity index (χ1n) is 6.78. The summed E-state index contributed by atoms with van der Waals surface area (Å²) < 4.78 is 5.37. The van der Waals surface area contributed by atoms with Crippen molar-refractivity contribution in [2.75, 3.05) is 13.1 Å². The lowest BCUT2D eigenvalue weighted by atomic mass is 10.0. The summed E-state index contributed by atoms with van der Waals surface area (Å²) in [6, 6.07) is 0. The summed E-state index contributed by atoms with van der Waals surface area (Å²) in [7, 11) is 0. The monoisotopic (exact) mass is 243 g/mol. The van der Waals surface area contributed by atoms with Crippen LogP contribution in [0.1, 0.15) is 60.8 Å². The molecule has 0 aliphatic heterocycles. The molecule has 3 heteroatoms. The Morgan fingerprint density at radius 1 is 1.24 bits per heavy atom. The molecule has 0 fully saturated rings. The number of carbonyl (C=O) groups excluding carboxylic acids is 1. The number of rotatable bonds is 6. The minimum atomic E-state index is -0.403. The van der Waals surface area contributed by atoms with Gasteiger partial charge in [-0.05, 0) is 40.0 Å². The van der Waals surface area contributed by atoms with Crippen LogP contribution >= 0.6 is 0 Å². The lowest BCUT2D eigenvalue weighted by molar-refractivity contribution is 0.0251. The first-order valence-corrected chi connectivity index (χ1v) is 6.78. The summed E-state index contributed by atoms with van der Waals surface area (Å²) in [5, 5.41) is 0. The summed E-state index contributed by atoms with van der Waals surface area (Å²) >= 11 is 0. The first-order chi connectivity index (χ1) is 7.80. The molecule has 0 aromatic carbocycles. The molecule has 0 saturated heterocycles. The second kappa shape index (κ2) is 7.57. The topological polar surface area (TPSA) is 29.5 Å². The van der Waals surface area contributed by atoms with Crippen LogP contribution < -0.4 is 0 Å². The largest absolute Gasteiger partial charge is 0.444 e. The number of amides is 1. The predicted octanol–water partition coefficient (Wildman–Crippen LogP) is 4.07. The average molecular weight is 243 g/mol. The summed E-state index contributed by atoms with van der Waals surface area (Å²) in [4.78, 5) is 13.7. The Morgan fingerprint density at radius 2 is 1.82 bits per heavy atom. The van der Waals surface area contributed by atoms with Crippen LogP contribution in [0.3, 0.4) is 0 Å². The highest BCUT2D eigenvalue weighted by Gasteiger charge is 2.21. The van der Waals surface area contributed by atoms with Gasteiger partial charge in [0.1, 0.15) is 5.60 Å². The predicted molar refractivity (Wildman–Crippen MR) is 72.2 cm³/mol. The maximum atomic E-state index is 11.9. The number of nitrogens with zero attached hydrogens (tertiary/aromatic N) is 1. The molecule has 0 aliphatic rings. The molecular formula is C14H29NO2. The Morgan fingerprint density at radius 3 is 2.24 bits per heavy atom. The molecule has 0 aliphatic carbocycles. The number of ether oxygens (including phenoxy) is 1. The molecule has 1 amide bonds. The van der Waals surface area contributed by atoms with E-state index in [1.807, 2.05) is 27.7 Å². The third-order valence-electron chi connectivity index (χ3n) is 2.71. The molecule has 0 rings (SSSR count). The van der Waals surface area contributed by atoms with Crippen LogP contribution in [0.15, 0.2) is 0 Å². The molecule has 0 aromatic rings. The van der Waals surface area contributed by atoms with Gasteiger partial charge in [-0.15, -0.1) is 0 Å². The van der Waals surface area contributed by atoms with Crippen LogP contribution in [0.5, 0.6) is 0 Å². The third kappa shape index (κ3) is 8.06. The average Bonchev–Trinajstić information content (AvgIpc) is 2.16. The highest BCUT2D eigenvalue weighted by molar-refractivity contribution is 5.68. The third-order valence-corrected chi connectivity index (χ3v) is 2.71. The van der Waals surface area contributed by atoms with Crippen molar-refractivity contribution in [2.24, 2.45) is 5.92 Å². The smallest absolute Gasteiger partial charge is 0.410 e. The van der Waals surface area contributed by atoms with Crippen molar-refractivity contribution in [1.29, 1.82) is 0 Å². The molecule has 0 saturated carbocycles. The standard InChI is InChI=1S/C14H29NO2/c1-7-9-12(3)10-11-15(8-2)13(16)17-14(4,5)6/h12H,7-11H2,1-6H3. The maximum Gasteiger partial charge on any atom is 0.410 e. The highest BCUT2D eigenvalue weighted by atomic mass is 16.6. The van der Waals surface area contributed by atoms with Crippen LogP contribution in [0.25, 0.3) is 0 Å². The fourth-order valence-electron chi connectivity index (χ4n) is 1.72. The van der Waals surface area contributed by atoms with Gasteiger partial charge in [0, 0.05) is 13.1 Å². The number of carbonyl (C=O) groups is 1. The van der Waals surface area contributed by atoms with Crippen LogP contribution in [0, 0.1) is 5.92 Å². The van der Waals surface area contributed by atoms with E-state index in [1.165, 1.54) is 12.8 Å². The van der Waals surface area contributed by atoms with Crippen molar-refractivity contribution in [3.8, 4) is 0 Å². The molecular weight excluding hydrogens is 214 g/mol. The number of hydrogen-bond acceptors (Lipinski definition) is 2. The lowest BCUT2D eigenvalue weighted by Crippen LogP contribution is -2.37. The second-order valence-corrected chi connectivity index (χ2v) is 5.74. The number of hydrogen-bond donors (Lipinski definition) is 0. The van der Waals surface area contributed by atoms with E-state index in [2.05, 4.69) is 13.8 Å². The zero-order valence-electron chi connectivity index (χ0n) is 12.4. The van der Waals surface area contributed by atoms with Crippen LogP contribution in [0.4, 0.5) is 4.79 Å². The fraction of sp³-hybridized carbons (Fsp3) is 0.929. The van der Waals surface area contributed by atoms with Crippen molar-refractivity contribution in [3.63, 3.8) is 0 Å². The van der Waals surface area contributed by atoms with Crippen molar-refractivity contribution >= 4 is 6.09 Å². The van der Waals surface area contributed by atoms with Gasteiger partial charge < -0.3 is 9.64 Å². The van der Waals surface area contributed by atoms with E-state index in [9.17, 15) is 4.79 Å². The van der Waals surface area contributed by atoms with Gasteiger partial charge in [0.2, 0.25) is 0 Å². The van der Waals surface area contributed by atoms with Gasteiger partial charge in [-0.25, -0.2) is 4.79 Å². The van der Waals surface area contributed by atoms with E-state index in [0.29, 0.717) is 12.5 Å². The van der Waals surface area contributed by atoms with E-state index < -0.39 is 5.60 Å². The molecule has 0 heterocycles. The van der Waals surface area contributed by atoms with Gasteiger partial charge in [-0.2, -0.15) is 0 Å². The highest BCUT2D eigenvalue weighted by Crippen LogP contribution is 2.13. The zero-order chi connectivity index (χ0) is 13.5. The normalized spacial score (nSPS) is 13.3. The van der Waals surface area contributed by atoms with E-state index in [4.69, 9.17) is 4.74 Å². The fourth-order valence-corrected chi connectivity index (χ4v) is 1.72. The van der Waals surface area contributed by atoms with E-state index in [1.54, 1.807) is 4.90 Å². The van der Waals surface area contributed by atoms with Crippen LogP contribution in [-0.4, -0.2) is 29.7 Å². The van der Waals surface area contributed by atoms with Crippen LogP contribution in [0.2, 0.25) is 0 Å². The molecule has 3 nitrogen and oxygen atoms in total. The Labute approximate surface area is 107 Å². The molecule has 102 valence electrons. The Bertz CT molecular complexity index is 221. The Balaban J connectivity index is 4.10. The maximum absolute atomic E-state index is 11.9. The summed E-state index contributed by atoms with van der Waals surface area (Å²) in [5.41, 5.74) is -0.403. The van der Waals surface area contributed by atoms with Crippen molar-refractivity contribution in [3.05, 3.63) is 0 Å². The van der Waals surface area contributed by atoms with Gasteiger partial charge in [0.25, 0.3) is 0 Å². The molecule has 0 aromatic heterocycles.